The first-order chi connectivity index (χ1) is 16.9. The van der Waals surface area contributed by atoms with E-state index in [1.807, 2.05) is 38.2 Å². The topological polar surface area (TPSA) is 70.7 Å². The molecule has 0 aliphatic heterocycles. The Morgan fingerprint density at radius 1 is 1.00 bits per heavy atom. The molecule has 35 heavy (non-hydrogen) atoms. The minimum absolute atomic E-state index is 0.223. The number of rotatable bonds is 12. The average molecular weight is 479 g/mol. The number of benzene rings is 1. The van der Waals surface area contributed by atoms with Crippen LogP contribution in [-0.2, 0) is 22.5 Å². The van der Waals surface area contributed by atoms with Crippen LogP contribution in [0.4, 0.5) is 0 Å². The third-order valence-corrected chi connectivity index (χ3v) is 6.01. The van der Waals surface area contributed by atoms with Crippen molar-refractivity contribution in [3.8, 4) is 5.75 Å². The number of para-hydroxylation sites is 2. The van der Waals surface area contributed by atoms with E-state index in [4.69, 9.17) is 19.4 Å². The number of aryl methyl sites for hydroxylation is 1. The van der Waals surface area contributed by atoms with Crippen LogP contribution in [0.2, 0.25) is 0 Å². The summed E-state index contributed by atoms with van der Waals surface area (Å²) in [5.41, 5.74) is 3.52. The highest BCUT2D eigenvalue weighted by atomic mass is 16.5. The van der Waals surface area contributed by atoms with E-state index in [1.165, 1.54) is 0 Å². The Morgan fingerprint density at radius 3 is 2.51 bits per heavy atom. The van der Waals surface area contributed by atoms with Gasteiger partial charge in [0, 0.05) is 38.8 Å². The number of hydrogen-bond donors (Lipinski definition) is 0. The SMILES string of the molecule is CCCCOCCCn1cc(OC(=O)CC(C)C)c2c1nc(CC(C)C)n1c3ccccc3nc21. The van der Waals surface area contributed by atoms with Gasteiger partial charge in [0.1, 0.15) is 16.9 Å². The summed E-state index contributed by atoms with van der Waals surface area (Å²) in [6.45, 7) is 12.8. The van der Waals surface area contributed by atoms with Crippen LogP contribution in [0.1, 0.15) is 66.1 Å². The quantitative estimate of drug-likeness (QED) is 0.179. The number of imidazole rings is 1. The summed E-state index contributed by atoms with van der Waals surface area (Å²) < 4.78 is 15.9. The first-order valence-electron chi connectivity index (χ1n) is 13.0. The van der Waals surface area contributed by atoms with Gasteiger partial charge >= 0.3 is 5.97 Å². The van der Waals surface area contributed by atoms with E-state index in [-0.39, 0.29) is 11.9 Å². The van der Waals surface area contributed by atoms with E-state index in [2.05, 4.69) is 35.8 Å². The largest absolute Gasteiger partial charge is 0.424 e. The zero-order valence-corrected chi connectivity index (χ0v) is 21.7. The minimum Gasteiger partial charge on any atom is -0.424 e. The second-order valence-corrected chi connectivity index (χ2v) is 10.2. The van der Waals surface area contributed by atoms with Crippen LogP contribution in [0, 0.1) is 11.8 Å². The summed E-state index contributed by atoms with van der Waals surface area (Å²) in [6.07, 6.45) is 6.17. The Labute approximate surface area is 207 Å². The number of carbonyl (C=O) groups is 1. The third kappa shape index (κ3) is 5.67. The summed E-state index contributed by atoms with van der Waals surface area (Å²) >= 11 is 0. The van der Waals surface area contributed by atoms with Crippen molar-refractivity contribution >= 4 is 33.7 Å². The first-order valence-corrected chi connectivity index (χ1v) is 13.0. The minimum atomic E-state index is -0.234. The molecule has 0 N–H and O–H groups in total. The van der Waals surface area contributed by atoms with Gasteiger partial charge in [0.25, 0.3) is 0 Å². The number of hydrogen-bond acceptors (Lipinski definition) is 5. The van der Waals surface area contributed by atoms with Gasteiger partial charge in [-0.15, -0.1) is 0 Å². The second-order valence-electron chi connectivity index (χ2n) is 10.2. The van der Waals surface area contributed by atoms with Gasteiger partial charge in [0.2, 0.25) is 0 Å². The Balaban J connectivity index is 1.82. The van der Waals surface area contributed by atoms with Crippen LogP contribution in [-0.4, -0.2) is 38.1 Å². The number of unbranched alkanes of at least 4 members (excludes halogenated alkanes) is 1. The second kappa shape index (κ2) is 11.2. The van der Waals surface area contributed by atoms with Gasteiger partial charge in [-0.1, -0.05) is 53.2 Å². The molecule has 0 radical (unpaired) electrons. The molecule has 0 aliphatic rings. The van der Waals surface area contributed by atoms with Crippen molar-refractivity contribution in [2.75, 3.05) is 13.2 Å². The molecule has 0 bridgehead atoms. The summed E-state index contributed by atoms with van der Waals surface area (Å²) in [5, 5.41) is 0.790. The number of nitrogens with zero attached hydrogens (tertiary/aromatic N) is 4. The van der Waals surface area contributed by atoms with Gasteiger partial charge in [-0.05, 0) is 36.8 Å². The van der Waals surface area contributed by atoms with E-state index >= 15 is 0 Å². The van der Waals surface area contributed by atoms with Crippen molar-refractivity contribution < 1.29 is 14.3 Å². The molecule has 0 saturated heterocycles. The maximum atomic E-state index is 12.7. The maximum absolute atomic E-state index is 12.7. The molecule has 0 saturated carbocycles. The summed E-state index contributed by atoms with van der Waals surface area (Å²) in [5.74, 6) is 1.92. The Morgan fingerprint density at radius 2 is 1.77 bits per heavy atom. The summed E-state index contributed by atoms with van der Waals surface area (Å²) in [6, 6.07) is 8.10. The third-order valence-electron chi connectivity index (χ3n) is 6.01. The van der Waals surface area contributed by atoms with Crippen molar-refractivity contribution in [1.82, 2.24) is 18.9 Å². The molecule has 0 spiro atoms. The van der Waals surface area contributed by atoms with E-state index in [9.17, 15) is 4.79 Å². The maximum Gasteiger partial charge on any atom is 0.311 e. The monoisotopic (exact) mass is 478 g/mol. The highest BCUT2D eigenvalue weighted by Gasteiger charge is 2.23. The molecule has 0 amide bonds. The molecule has 0 aliphatic carbocycles. The van der Waals surface area contributed by atoms with E-state index in [1.54, 1.807) is 0 Å². The molecule has 4 rings (SSSR count). The highest BCUT2D eigenvalue weighted by Crippen LogP contribution is 2.34. The zero-order valence-electron chi connectivity index (χ0n) is 21.7. The standard InChI is InChI=1S/C28H38N4O3/c1-6-7-14-34-15-10-13-31-18-23(35-25(33)17-20(4)5)26-27(31)30-24(16-19(2)3)32-22-12-9-8-11-21(22)29-28(26)32/h8-9,11-12,18-20H,6-7,10,13-17H2,1-5H3. The lowest BCUT2D eigenvalue weighted by Crippen LogP contribution is -2.11. The van der Waals surface area contributed by atoms with Gasteiger partial charge in [0.05, 0.1) is 11.0 Å². The lowest BCUT2D eigenvalue weighted by molar-refractivity contribution is -0.135. The predicted octanol–water partition coefficient (Wildman–Crippen LogP) is 6.19. The van der Waals surface area contributed by atoms with Crippen LogP contribution in [0.3, 0.4) is 0 Å². The zero-order chi connectivity index (χ0) is 24.9. The molecule has 0 unspecified atom stereocenters. The van der Waals surface area contributed by atoms with Crippen molar-refractivity contribution in [3.63, 3.8) is 0 Å². The normalized spacial score (nSPS) is 12.1. The smallest absolute Gasteiger partial charge is 0.311 e. The lowest BCUT2D eigenvalue weighted by Gasteiger charge is -2.11. The number of fused-ring (bicyclic) bond motifs is 5. The molecule has 7 nitrogen and oxygen atoms in total. The summed E-state index contributed by atoms with van der Waals surface area (Å²) in [4.78, 5) is 22.8. The Bertz CT molecular complexity index is 1300. The van der Waals surface area contributed by atoms with E-state index in [0.29, 0.717) is 24.7 Å². The van der Waals surface area contributed by atoms with Crippen molar-refractivity contribution in [2.45, 2.75) is 73.3 Å². The van der Waals surface area contributed by atoms with Crippen LogP contribution < -0.4 is 4.74 Å². The molecule has 3 heterocycles. The van der Waals surface area contributed by atoms with Crippen molar-refractivity contribution in [3.05, 3.63) is 36.3 Å². The molecular weight excluding hydrogens is 440 g/mol. The fraction of sp³-hybridized carbons (Fsp3) is 0.536. The van der Waals surface area contributed by atoms with Gasteiger partial charge in [-0.3, -0.25) is 9.20 Å². The fourth-order valence-electron chi connectivity index (χ4n) is 4.41. The molecule has 0 atom stereocenters. The number of esters is 1. The van der Waals surface area contributed by atoms with E-state index in [0.717, 1.165) is 72.4 Å². The van der Waals surface area contributed by atoms with Crippen LogP contribution >= 0.6 is 0 Å². The van der Waals surface area contributed by atoms with Crippen LogP contribution in [0.25, 0.3) is 27.7 Å². The molecular formula is C28H38N4O3. The highest BCUT2D eigenvalue weighted by molar-refractivity contribution is 6.00. The van der Waals surface area contributed by atoms with E-state index < -0.39 is 0 Å². The lowest BCUT2D eigenvalue weighted by atomic mass is 10.1. The number of aromatic nitrogens is 4. The molecule has 7 heteroatoms. The Hall–Kier alpha value is -2.93. The summed E-state index contributed by atoms with van der Waals surface area (Å²) in [7, 11) is 0. The Kier molecular flexibility index (Phi) is 8.06. The van der Waals surface area contributed by atoms with Gasteiger partial charge < -0.3 is 14.0 Å². The molecule has 0 fully saturated rings. The van der Waals surface area contributed by atoms with Crippen molar-refractivity contribution in [1.29, 1.82) is 0 Å². The van der Waals surface area contributed by atoms with Gasteiger partial charge in [-0.25, -0.2) is 9.97 Å². The molecule has 1 aromatic carbocycles. The molecule has 4 aromatic rings. The number of carbonyl (C=O) groups excluding carboxylic acids is 1. The van der Waals surface area contributed by atoms with Crippen molar-refractivity contribution in [2.24, 2.45) is 11.8 Å². The molecule has 3 aromatic heterocycles. The van der Waals surface area contributed by atoms with Crippen LogP contribution in [0.5, 0.6) is 5.75 Å². The van der Waals surface area contributed by atoms with Gasteiger partial charge in [-0.2, -0.15) is 0 Å². The average Bonchev–Trinajstić information content (AvgIpc) is 3.33. The van der Waals surface area contributed by atoms with Gasteiger partial charge in [0.15, 0.2) is 11.4 Å². The number of ether oxygens (including phenoxy) is 2. The first kappa shape index (κ1) is 25.2. The van der Waals surface area contributed by atoms with Crippen LogP contribution in [0.15, 0.2) is 30.5 Å². The molecule has 188 valence electrons. The fourth-order valence-corrected chi connectivity index (χ4v) is 4.41. The predicted molar refractivity (Wildman–Crippen MR) is 140 cm³/mol.